The van der Waals surface area contributed by atoms with Crippen molar-refractivity contribution in [3.63, 3.8) is 0 Å². The molecule has 1 atom stereocenters. The highest BCUT2D eigenvalue weighted by atomic mass is 35.5. The van der Waals surface area contributed by atoms with Crippen LogP contribution in [-0.2, 0) is 17.5 Å². The van der Waals surface area contributed by atoms with Crippen LogP contribution < -0.4 is 22.2 Å². The number of anilines is 2. The third kappa shape index (κ3) is 6.62. The van der Waals surface area contributed by atoms with Crippen LogP contribution in [0.25, 0.3) is 22.2 Å². The van der Waals surface area contributed by atoms with Gasteiger partial charge in [0.15, 0.2) is 17.5 Å². The van der Waals surface area contributed by atoms with E-state index in [4.69, 9.17) is 17.3 Å². The van der Waals surface area contributed by atoms with E-state index in [0.717, 1.165) is 16.8 Å². The van der Waals surface area contributed by atoms with Crippen LogP contribution in [0.3, 0.4) is 0 Å². The number of nitrogens with two attached hydrogens (primary N) is 1. The zero-order chi connectivity index (χ0) is 30.8. The average Bonchev–Trinajstić information content (AvgIpc) is 2.91. The van der Waals surface area contributed by atoms with Crippen LogP contribution in [0.4, 0.5) is 42.2 Å². The van der Waals surface area contributed by atoms with Gasteiger partial charge in [0.05, 0.1) is 35.6 Å². The van der Waals surface area contributed by atoms with Gasteiger partial charge in [-0.05, 0) is 30.4 Å². The van der Waals surface area contributed by atoms with E-state index in [0.29, 0.717) is 6.20 Å². The van der Waals surface area contributed by atoms with Crippen molar-refractivity contribution in [3.05, 3.63) is 73.7 Å². The molecule has 0 radical (unpaired) electrons. The van der Waals surface area contributed by atoms with Crippen LogP contribution >= 0.6 is 11.6 Å². The molecule has 0 aliphatic heterocycles. The predicted octanol–water partition coefficient (Wildman–Crippen LogP) is 4.57. The summed E-state index contributed by atoms with van der Waals surface area (Å²) >= 11 is 5.77. The molecule has 3 aromatic heterocycles. The molecule has 1 unspecified atom stereocenters. The molecule has 0 amide bonds. The number of aryl methyl sites for hydroxylation is 1. The molecule has 42 heavy (non-hydrogen) atoms. The summed E-state index contributed by atoms with van der Waals surface area (Å²) in [4.78, 5) is 32.4. The number of nitrogen functional groups attached to an aromatic ring is 1. The molecular weight excluding hydrogens is 603 g/mol. The van der Waals surface area contributed by atoms with E-state index >= 15 is 4.39 Å². The van der Waals surface area contributed by atoms with E-state index in [-0.39, 0.29) is 47.0 Å². The van der Waals surface area contributed by atoms with Gasteiger partial charge in [-0.15, -0.1) is 0 Å². The van der Waals surface area contributed by atoms with Gasteiger partial charge >= 0.3 is 12.8 Å². The largest absolute Gasteiger partial charge is 0.423 e. The molecule has 0 fully saturated rings. The van der Waals surface area contributed by atoms with Gasteiger partial charge in [0.25, 0.3) is 11.1 Å². The second-order valence-corrected chi connectivity index (χ2v) is 9.23. The van der Waals surface area contributed by atoms with E-state index in [2.05, 4.69) is 25.1 Å². The second-order valence-electron chi connectivity index (χ2n) is 8.82. The summed E-state index contributed by atoms with van der Waals surface area (Å²) < 4.78 is 101. The molecule has 0 bridgehead atoms. The fraction of sp³-hybridized carbons (Fsp3) is 0.292. The molecule has 1 aromatic carbocycles. The number of rotatable bonds is 10. The minimum atomic E-state index is -5.09. The number of ether oxygens (including phenoxy) is 1. The molecule has 224 valence electrons. The Hall–Kier alpha value is -4.25. The van der Waals surface area contributed by atoms with Crippen molar-refractivity contribution >= 4 is 33.9 Å². The molecule has 3 heterocycles. The molecule has 0 spiro atoms. The third-order valence-electron chi connectivity index (χ3n) is 6.03. The van der Waals surface area contributed by atoms with Crippen LogP contribution in [0, 0.1) is 11.6 Å². The van der Waals surface area contributed by atoms with Crippen LogP contribution in [0.15, 0.2) is 40.3 Å². The Morgan fingerprint density at radius 2 is 1.90 bits per heavy atom. The van der Waals surface area contributed by atoms with Gasteiger partial charge in [0.1, 0.15) is 16.4 Å². The summed E-state index contributed by atoms with van der Waals surface area (Å²) in [7, 11) is 0. The van der Waals surface area contributed by atoms with Gasteiger partial charge in [0.2, 0.25) is 0 Å². The normalized spacial score (nSPS) is 12.7. The van der Waals surface area contributed by atoms with Crippen LogP contribution in [0.1, 0.15) is 18.4 Å². The number of H-pyrrole nitrogens is 1. The molecule has 0 saturated carbocycles. The quantitative estimate of drug-likeness (QED) is 0.219. The Balaban J connectivity index is 1.57. The van der Waals surface area contributed by atoms with Crippen molar-refractivity contribution in [3.8, 4) is 11.4 Å². The zero-order valence-electron chi connectivity index (χ0n) is 21.0. The summed E-state index contributed by atoms with van der Waals surface area (Å²) in [6.07, 6.45) is -2.22. The van der Waals surface area contributed by atoms with Gasteiger partial charge in [-0.25, -0.2) is 23.8 Å². The Morgan fingerprint density at radius 1 is 1.17 bits per heavy atom. The first kappa shape index (κ1) is 30.7. The lowest BCUT2D eigenvalue weighted by Crippen LogP contribution is -2.32. The smallest absolute Gasteiger partial charge is 0.382 e. The first-order chi connectivity index (χ1) is 19.8. The number of halogens is 8. The Labute approximate surface area is 235 Å². The number of benzene rings is 1. The van der Waals surface area contributed by atoms with Crippen molar-refractivity contribution in [2.75, 3.05) is 17.7 Å². The van der Waals surface area contributed by atoms with Crippen LogP contribution in [-0.4, -0.2) is 44.0 Å². The van der Waals surface area contributed by atoms with Gasteiger partial charge in [-0.2, -0.15) is 27.1 Å². The second kappa shape index (κ2) is 12.3. The standard InChI is InChI=1S/C24H19ClF7N7O3/c25-13-7-34-20(37-19(13)33)12-6-10-3-5-39(22(41)15(10)18(27)17(12)26)4-1-2-11(9-42-23(28)29)36-14-8-35-38-21(40)16(14)24(30,31)32/h3,5-8,11,23H,1-2,4,9H2,(H2,33,34,37)(H2,36,38,40). The first-order valence-corrected chi connectivity index (χ1v) is 12.3. The van der Waals surface area contributed by atoms with Crippen molar-refractivity contribution in [1.29, 1.82) is 0 Å². The molecule has 0 aliphatic rings. The van der Waals surface area contributed by atoms with Crippen LogP contribution in [0.2, 0.25) is 5.02 Å². The van der Waals surface area contributed by atoms with Crippen molar-refractivity contribution < 1.29 is 35.5 Å². The number of hydrogen-bond donors (Lipinski definition) is 3. The summed E-state index contributed by atoms with van der Waals surface area (Å²) in [5.41, 5.74) is 0.371. The summed E-state index contributed by atoms with van der Waals surface area (Å²) in [5, 5.41) is 6.70. The van der Waals surface area contributed by atoms with E-state index < -0.39 is 64.8 Å². The Kier molecular flexibility index (Phi) is 9.00. The Bertz CT molecular complexity index is 1730. The molecule has 18 heteroatoms. The fourth-order valence-corrected chi connectivity index (χ4v) is 4.22. The number of alkyl halides is 5. The van der Waals surface area contributed by atoms with Gasteiger partial charge in [-0.3, -0.25) is 9.59 Å². The summed E-state index contributed by atoms with van der Waals surface area (Å²) in [6, 6.07) is 1.27. The summed E-state index contributed by atoms with van der Waals surface area (Å²) in [5.74, 6) is -3.34. The van der Waals surface area contributed by atoms with E-state index in [1.807, 2.05) is 0 Å². The lowest BCUT2D eigenvalue weighted by atomic mass is 10.1. The molecule has 4 N–H and O–H groups in total. The fourth-order valence-electron chi connectivity index (χ4n) is 4.13. The molecule has 4 aromatic rings. The number of aromatic nitrogens is 5. The molecule has 4 rings (SSSR count). The van der Waals surface area contributed by atoms with E-state index in [1.54, 1.807) is 5.10 Å². The molecule has 0 saturated heterocycles. The first-order valence-electron chi connectivity index (χ1n) is 11.9. The van der Waals surface area contributed by atoms with Crippen molar-refractivity contribution in [2.45, 2.75) is 38.2 Å². The number of hydrogen-bond acceptors (Lipinski definition) is 8. The Morgan fingerprint density at radius 3 is 2.57 bits per heavy atom. The number of nitrogens with zero attached hydrogens (tertiary/aromatic N) is 4. The topological polar surface area (TPSA) is 141 Å². The van der Waals surface area contributed by atoms with Crippen molar-refractivity contribution in [2.24, 2.45) is 0 Å². The lowest BCUT2D eigenvalue weighted by molar-refractivity contribution is -0.138. The molecule has 10 nitrogen and oxygen atoms in total. The lowest BCUT2D eigenvalue weighted by Gasteiger charge is -2.22. The maximum absolute atomic E-state index is 15.1. The SMILES string of the molecule is Nc1nc(-c2cc3ccn(CCCC(COC(F)F)Nc4cn[nH]c(=O)c4C(F)(F)F)c(=O)c3c(F)c2F)ncc1Cl. The highest BCUT2D eigenvalue weighted by Crippen LogP contribution is 2.32. The summed E-state index contributed by atoms with van der Waals surface area (Å²) in [6.45, 7) is -4.18. The number of fused-ring (bicyclic) bond motifs is 1. The minimum Gasteiger partial charge on any atom is -0.382 e. The highest BCUT2D eigenvalue weighted by Gasteiger charge is 2.37. The van der Waals surface area contributed by atoms with E-state index in [1.165, 1.54) is 12.3 Å². The monoisotopic (exact) mass is 621 g/mol. The minimum absolute atomic E-state index is 0.00333. The maximum atomic E-state index is 15.1. The highest BCUT2D eigenvalue weighted by molar-refractivity contribution is 6.32. The van der Waals surface area contributed by atoms with Crippen LogP contribution in [0.5, 0.6) is 0 Å². The van der Waals surface area contributed by atoms with Gasteiger partial charge in [0, 0.05) is 18.8 Å². The number of aromatic amines is 1. The molecular formula is C24H19ClF7N7O3. The molecule has 0 aliphatic carbocycles. The maximum Gasteiger partial charge on any atom is 0.423 e. The number of nitrogens with one attached hydrogen (secondary N) is 2. The van der Waals surface area contributed by atoms with E-state index in [9.17, 15) is 35.9 Å². The van der Waals surface area contributed by atoms with Gasteiger partial charge in [-0.1, -0.05) is 11.6 Å². The predicted molar refractivity (Wildman–Crippen MR) is 137 cm³/mol. The average molecular weight is 622 g/mol. The zero-order valence-corrected chi connectivity index (χ0v) is 21.7. The number of pyridine rings is 1. The third-order valence-corrected chi connectivity index (χ3v) is 6.32. The van der Waals surface area contributed by atoms with Gasteiger partial charge < -0.3 is 20.4 Å². The van der Waals surface area contributed by atoms with Crippen molar-refractivity contribution in [1.82, 2.24) is 24.7 Å².